The Morgan fingerprint density at radius 3 is 2.50 bits per heavy atom. The van der Waals surface area contributed by atoms with Crippen molar-refractivity contribution in [2.24, 2.45) is 5.73 Å². The van der Waals surface area contributed by atoms with Gasteiger partial charge < -0.3 is 10.5 Å². The van der Waals surface area contributed by atoms with E-state index >= 15 is 0 Å². The molecule has 1 heterocycles. The van der Waals surface area contributed by atoms with Crippen molar-refractivity contribution in [3.8, 4) is 0 Å². The Kier molecular flexibility index (Phi) is 3.64. The lowest BCUT2D eigenvalue weighted by Crippen LogP contribution is -2.37. The molecular weight excluding hydrogens is 196 g/mol. The van der Waals surface area contributed by atoms with Gasteiger partial charge in [-0.15, -0.1) is 11.3 Å². The fraction of sp³-hybridized carbons (Fsp3) is 0.700. The Bertz CT molecular complexity index is 282. The minimum atomic E-state index is -0.263. The molecule has 0 radical (unpaired) electrons. The summed E-state index contributed by atoms with van der Waals surface area (Å²) in [7, 11) is 0. The van der Waals surface area contributed by atoms with Crippen LogP contribution >= 0.6 is 11.3 Å². The van der Waals surface area contributed by atoms with Gasteiger partial charge in [0, 0.05) is 10.4 Å². The predicted octanol–water partition coefficient (Wildman–Crippen LogP) is 2.01. The molecule has 2 N–H and O–H groups in total. The van der Waals surface area contributed by atoms with Gasteiger partial charge in [0.2, 0.25) is 0 Å². The number of hydrogen-bond donors (Lipinski definition) is 1. The molecule has 0 spiro atoms. The molecule has 0 aliphatic heterocycles. The summed E-state index contributed by atoms with van der Waals surface area (Å²) < 4.78 is 5.48. The molecule has 0 fully saturated rings. The molecule has 1 rings (SSSR count). The first kappa shape index (κ1) is 11.6. The Labute approximate surface area is 89.3 Å². The summed E-state index contributed by atoms with van der Waals surface area (Å²) in [6.45, 7) is 9.12. The van der Waals surface area contributed by atoms with Crippen molar-refractivity contribution >= 4 is 11.3 Å². The normalized spacial score (nSPS) is 12.1. The largest absolute Gasteiger partial charge is 0.372 e. The molecule has 0 aliphatic rings. The predicted molar refractivity (Wildman–Crippen MR) is 59.5 cm³/mol. The van der Waals surface area contributed by atoms with Crippen LogP contribution in [0.15, 0.2) is 0 Å². The molecule has 0 amide bonds. The lowest BCUT2D eigenvalue weighted by atomic mass is 10.1. The van der Waals surface area contributed by atoms with E-state index in [-0.39, 0.29) is 5.54 Å². The summed E-state index contributed by atoms with van der Waals surface area (Å²) in [6, 6.07) is 0. The van der Waals surface area contributed by atoms with Crippen molar-refractivity contribution < 1.29 is 4.74 Å². The van der Waals surface area contributed by atoms with Gasteiger partial charge in [-0.25, -0.2) is 4.98 Å². The van der Waals surface area contributed by atoms with E-state index in [0.29, 0.717) is 13.2 Å². The van der Waals surface area contributed by atoms with Gasteiger partial charge in [-0.05, 0) is 27.7 Å². The van der Waals surface area contributed by atoms with Gasteiger partial charge in [0.15, 0.2) is 0 Å². The smallest absolute Gasteiger partial charge is 0.119 e. The lowest BCUT2D eigenvalue weighted by Gasteiger charge is -2.17. The second-order valence-corrected chi connectivity index (χ2v) is 5.52. The van der Waals surface area contributed by atoms with Crippen LogP contribution in [0.3, 0.4) is 0 Å². The highest BCUT2D eigenvalue weighted by Gasteiger charge is 2.11. The molecule has 0 bridgehead atoms. The second kappa shape index (κ2) is 4.38. The number of nitrogens with zero attached hydrogens (tertiary/aromatic N) is 1. The zero-order chi connectivity index (χ0) is 10.8. The number of nitrogens with two attached hydrogens (primary N) is 1. The van der Waals surface area contributed by atoms with E-state index in [1.807, 2.05) is 20.8 Å². The molecule has 0 saturated heterocycles. The average Bonchev–Trinajstić information content (AvgIpc) is 2.28. The third-order valence-corrected chi connectivity index (χ3v) is 2.82. The van der Waals surface area contributed by atoms with E-state index in [1.54, 1.807) is 11.3 Å². The molecule has 14 heavy (non-hydrogen) atoms. The topological polar surface area (TPSA) is 48.1 Å². The summed E-state index contributed by atoms with van der Waals surface area (Å²) in [4.78, 5) is 5.64. The number of rotatable bonds is 4. The van der Waals surface area contributed by atoms with Gasteiger partial charge in [-0.1, -0.05) is 0 Å². The monoisotopic (exact) mass is 214 g/mol. The average molecular weight is 214 g/mol. The molecule has 0 aliphatic carbocycles. The highest BCUT2D eigenvalue weighted by Crippen LogP contribution is 2.17. The highest BCUT2D eigenvalue weighted by atomic mass is 32.1. The first-order chi connectivity index (χ1) is 6.38. The third-order valence-electron chi connectivity index (χ3n) is 1.77. The van der Waals surface area contributed by atoms with Crippen LogP contribution < -0.4 is 5.73 Å². The molecule has 0 aromatic carbocycles. The molecular formula is C10H18N2OS. The van der Waals surface area contributed by atoms with Crippen molar-refractivity contribution in [1.82, 2.24) is 4.98 Å². The van der Waals surface area contributed by atoms with Crippen LogP contribution in [0.5, 0.6) is 0 Å². The highest BCUT2D eigenvalue weighted by molar-refractivity contribution is 7.11. The maximum atomic E-state index is 5.79. The zero-order valence-corrected chi connectivity index (χ0v) is 10.1. The second-order valence-electron chi connectivity index (χ2n) is 4.23. The van der Waals surface area contributed by atoms with Gasteiger partial charge in [-0.2, -0.15) is 0 Å². The molecule has 3 nitrogen and oxygen atoms in total. The van der Waals surface area contributed by atoms with Gasteiger partial charge in [0.1, 0.15) is 5.01 Å². The van der Waals surface area contributed by atoms with E-state index in [1.165, 1.54) is 4.88 Å². The summed E-state index contributed by atoms with van der Waals surface area (Å²) in [5.74, 6) is 0. The number of aromatic nitrogens is 1. The van der Waals surface area contributed by atoms with Crippen LogP contribution in [0.4, 0.5) is 0 Å². The molecule has 1 aromatic heterocycles. The van der Waals surface area contributed by atoms with Crippen LogP contribution in [0, 0.1) is 13.8 Å². The third kappa shape index (κ3) is 3.74. The summed E-state index contributed by atoms with van der Waals surface area (Å²) >= 11 is 1.69. The fourth-order valence-corrected chi connectivity index (χ4v) is 1.87. The minimum Gasteiger partial charge on any atom is -0.372 e. The maximum Gasteiger partial charge on any atom is 0.119 e. The van der Waals surface area contributed by atoms with E-state index in [4.69, 9.17) is 10.5 Å². The maximum absolute atomic E-state index is 5.79. The van der Waals surface area contributed by atoms with Crippen LogP contribution in [0.25, 0.3) is 0 Å². The van der Waals surface area contributed by atoms with Crippen molar-refractivity contribution in [1.29, 1.82) is 0 Å². The van der Waals surface area contributed by atoms with E-state index in [9.17, 15) is 0 Å². The van der Waals surface area contributed by atoms with E-state index < -0.39 is 0 Å². The van der Waals surface area contributed by atoms with E-state index in [0.717, 1.165) is 10.7 Å². The van der Waals surface area contributed by atoms with Crippen LogP contribution in [0.2, 0.25) is 0 Å². The molecule has 4 heteroatoms. The number of aryl methyl sites for hydroxylation is 2. The summed E-state index contributed by atoms with van der Waals surface area (Å²) in [6.07, 6.45) is 0. The fourth-order valence-electron chi connectivity index (χ4n) is 1.00. The molecule has 0 saturated carbocycles. The number of thiazole rings is 1. The van der Waals surface area contributed by atoms with Crippen molar-refractivity contribution in [3.05, 3.63) is 15.6 Å². The Balaban J connectivity index is 2.39. The van der Waals surface area contributed by atoms with Gasteiger partial charge in [0.05, 0.1) is 18.9 Å². The van der Waals surface area contributed by atoms with Crippen molar-refractivity contribution in [3.63, 3.8) is 0 Å². The summed E-state index contributed by atoms with van der Waals surface area (Å²) in [5.41, 5.74) is 6.63. The first-order valence-corrected chi connectivity index (χ1v) is 5.50. The molecule has 0 atom stereocenters. The van der Waals surface area contributed by atoms with Crippen molar-refractivity contribution in [2.45, 2.75) is 39.8 Å². The minimum absolute atomic E-state index is 0.263. The quantitative estimate of drug-likeness (QED) is 0.834. The van der Waals surface area contributed by atoms with Gasteiger partial charge in [0.25, 0.3) is 0 Å². The van der Waals surface area contributed by atoms with Crippen LogP contribution in [0.1, 0.15) is 29.4 Å². The molecule has 0 unspecified atom stereocenters. The lowest BCUT2D eigenvalue weighted by molar-refractivity contribution is 0.0849. The Morgan fingerprint density at radius 2 is 2.07 bits per heavy atom. The SMILES string of the molecule is Cc1nc(COCC(C)(C)N)sc1C. The number of hydrogen-bond acceptors (Lipinski definition) is 4. The Hall–Kier alpha value is -0.450. The van der Waals surface area contributed by atoms with Crippen molar-refractivity contribution in [2.75, 3.05) is 6.61 Å². The number of ether oxygens (including phenoxy) is 1. The standard InChI is InChI=1S/C10H18N2OS/c1-7-8(2)14-9(12-7)5-13-6-10(3,4)11/h5-6,11H2,1-4H3. The Morgan fingerprint density at radius 1 is 1.43 bits per heavy atom. The molecule has 80 valence electrons. The van der Waals surface area contributed by atoms with Crippen LogP contribution in [-0.2, 0) is 11.3 Å². The summed E-state index contributed by atoms with van der Waals surface area (Å²) in [5, 5.41) is 1.03. The van der Waals surface area contributed by atoms with Crippen LogP contribution in [-0.4, -0.2) is 17.1 Å². The van der Waals surface area contributed by atoms with Gasteiger partial charge >= 0.3 is 0 Å². The van der Waals surface area contributed by atoms with E-state index in [2.05, 4.69) is 11.9 Å². The first-order valence-electron chi connectivity index (χ1n) is 4.68. The van der Waals surface area contributed by atoms with Gasteiger partial charge in [-0.3, -0.25) is 0 Å². The molecule has 1 aromatic rings. The zero-order valence-electron chi connectivity index (χ0n) is 9.26.